The summed E-state index contributed by atoms with van der Waals surface area (Å²) in [6.45, 7) is 12.3. The van der Waals surface area contributed by atoms with Gasteiger partial charge in [0.2, 0.25) is 11.8 Å². The molecule has 0 saturated carbocycles. The molecule has 2 saturated heterocycles. The molecule has 4 aliphatic heterocycles. The Hall–Kier alpha value is -4.15. The van der Waals surface area contributed by atoms with E-state index in [1.165, 1.54) is 4.90 Å². The minimum atomic E-state index is -1.41. The van der Waals surface area contributed by atoms with E-state index in [1.807, 2.05) is 86.7 Å². The topological polar surface area (TPSA) is 103 Å². The molecule has 2 fully saturated rings. The lowest BCUT2D eigenvalue weighted by Gasteiger charge is -2.40. The summed E-state index contributed by atoms with van der Waals surface area (Å²) < 4.78 is 12.7. The molecule has 0 radical (unpaired) electrons. The molecule has 10 heteroatoms. The highest BCUT2D eigenvalue weighted by molar-refractivity contribution is 6.07. The van der Waals surface area contributed by atoms with Crippen LogP contribution in [0.15, 0.2) is 72.8 Å². The maximum absolute atomic E-state index is 14.8. The van der Waals surface area contributed by atoms with Gasteiger partial charge in [-0.25, -0.2) is 0 Å². The molecule has 3 amide bonds. The molecule has 4 heterocycles. The number of aliphatic hydroxyl groups is 1. The zero-order valence-electron chi connectivity index (χ0n) is 28.0. The van der Waals surface area contributed by atoms with E-state index < -0.39 is 35.1 Å². The number of fused-ring (bicyclic) bond motifs is 2. The van der Waals surface area contributed by atoms with E-state index in [0.29, 0.717) is 36.7 Å². The second kappa shape index (κ2) is 12.8. The summed E-state index contributed by atoms with van der Waals surface area (Å²) in [7, 11) is 0. The highest BCUT2D eigenvalue weighted by Gasteiger charge is 2.75. The second-order valence-electron chi connectivity index (χ2n) is 12.7. The summed E-state index contributed by atoms with van der Waals surface area (Å²) >= 11 is 0. The Morgan fingerprint density at radius 3 is 2.02 bits per heavy atom. The summed E-state index contributed by atoms with van der Waals surface area (Å²) in [5.74, 6) is -2.04. The van der Waals surface area contributed by atoms with Gasteiger partial charge in [-0.15, -0.1) is 0 Å². The highest BCUT2D eigenvalue weighted by Crippen LogP contribution is 2.59. The number of likely N-dealkylation sites (tertiary alicyclic amines) is 1. The minimum Gasteiger partial charge on any atom is -0.494 e. The molecule has 6 atom stereocenters. The lowest BCUT2D eigenvalue weighted by molar-refractivity contribution is -0.148. The first kappa shape index (κ1) is 32.8. The van der Waals surface area contributed by atoms with E-state index in [-0.39, 0.29) is 30.9 Å². The number of anilines is 3. The van der Waals surface area contributed by atoms with E-state index in [4.69, 9.17) is 9.47 Å². The second-order valence-corrected chi connectivity index (χ2v) is 12.7. The first-order valence-corrected chi connectivity index (χ1v) is 16.9. The van der Waals surface area contributed by atoms with E-state index in [2.05, 4.69) is 18.7 Å². The van der Waals surface area contributed by atoms with Gasteiger partial charge in [0.05, 0.1) is 36.7 Å². The lowest BCUT2D eigenvalue weighted by Crippen LogP contribution is -2.58. The predicted octanol–water partition coefficient (Wildman–Crippen LogP) is 4.18. The molecular formula is C37H46N4O6. The van der Waals surface area contributed by atoms with Crippen LogP contribution in [0.1, 0.15) is 41.0 Å². The molecule has 1 N–H and O–H groups in total. The Balaban J connectivity index is 1.42. The van der Waals surface area contributed by atoms with Crippen molar-refractivity contribution in [1.82, 2.24) is 4.90 Å². The average Bonchev–Trinajstić information content (AvgIpc) is 3.39. The molecule has 0 aromatic heterocycles. The fraction of sp³-hybridized carbons (Fsp3) is 0.486. The maximum Gasteiger partial charge on any atom is 0.253 e. The predicted molar refractivity (Wildman–Crippen MR) is 182 cm³/mol. The molecule has 2 aromatic rings. The average molecular weight is 643 g/mol. The number of amides is 3. The van der Waals surface area contributed by atoms with Gasteiger partial charge in [-0.1, -0.05) is 31.2 Å². The van der Waals surface area contributed by atoms with E-state index >= 15 is 0 Å². The van der Waals surface area contributed by atoms with Gasteiger partial charge in [0.1, 0.15) is 17.4 Å². The summed E-state index contributed by atoms with van der Waals surface area (Å²) in [6.07, 6.45) is 8.02. The first-order chi connectivity index (χ1) is 22.7. The molecule has 4 aliphatic rings. The number of rotatable bonds is 10. The summed E-state index contributed by atoms with van der Waals surface area (Å²) in [5.41, 5.74) is -0.0578. The molecule has 1 unspecified atom stereocenters. The summed E-state index contributed by atoms with van der Waals surface area (Å²) in [6, 6.07) is 13.5. The van der Waals surface area contributed by atoms with Crippen molar-refractivity contribution >= 4 is 34.8 Å². The van der Waals surface area contributed by atoms with Crippen molar-refractivity contribution in [3.8, 4) is 5.75 Å². The molecule has 0 bridgehead atoms. The minimum absolute atomic E-state index is 0.234. The number of nitrogens with zero attached hydrogens (tertiary/aromatic N) is 4. The Morgan fingerprint density at radius 1 is 0.851 bits per heavy atom. The van der Waals surface area contributed by atoms with Crippen molar-refractivity contribution in [3.05, 3.63) is 72.8 Å². The molecule has 2 aromatic carbocycles. The Morgan fingerprint density at radius 2 is 1.45 bits per heavy atom. The molecule has 47 heavy (non-hydrogen) atoms. The third-order valence-corrected chi connectivity index (χ3v) is 10.4. The van der Waals surface area contributed by atoms with Crippen LogP contribution in [-0.4, -0.2) is 90.4 Å². The fourth-order valence-corrected chi connectivity index (χ4v) is 8.05. The van der Waals surface area contributed by atoms with E-state index in [1.54, 1.807) is 16.7 Å². The smallest absolute Gasteiger partial charge is 0.253 e. The van der Waals surface area contributed by atoms with Crippen LogP contribution in [0.3, 0.4) is 0 Å². The van der Waals surface area contributed by atoms with Gasteiger partial charge in [0, 0.05) is 43.2 Å². The van der Waals surface area contributed by atoms with Crippen LogP contribution >= 0.6 is 0 Å². The van der Waals surface area contributed by atoms with E-state index in [9.17, 15) is 19.5 Å². The molecule has 10 nitrogen and oxygen atoms in total. The molecular weight excluding hydrogens is 596 g/mol. The van der Waals surface area contributed by atoms with Gasteiger partial charge in [0.15, 0.2) is 0 Å². The standard InChI is InChI=1S/C37H46N4O6/c1-6-36-20-10-22-39(28-16-18-29(19-17-28)46-9-4)33(43)30(36)31-34(44)41(25(5)24-42)32-35(45)40(23-11-21-37(31,32)47-36)27-14-12-26(13-15-27)38(7-2)8-3/h10-21,25,30-32,42H,6-9,22-24H2,1-5H3/t25-,30+,31+,32?,36-,37+/m1/s1. The van der Waals surface area contributed by atoms with Gasteiger partial charge >= 0.3 is 0 Å². The maximum atomic E-state index is 14.8. The van der Waals surface area contributed by atoms with Gasteiger partial charge in [-0.2, -0.15) is 0 Å². The first-order valence-electron chi connectivity index (χ1n) is 16.9. The number of hydrogen-bond acceptors (Lipinski definition) is 7. The van der Waals surface area contributed by atoms with Gasteiger partial charge in [-0.3, -0.25) is 14.4 Å². The van der Waals surface area contributed by atoms with Gasteiger partial charge in [-0.05, 0) is 82.6 Å². The molecule has 6 rings (SSSR count). The van der Waals surface area contributed by atoms with Crippen molar-refractivity contribution in [2.45, 2.75) is 64.3 Å². The Kier molecular flexibility index (Phi) is 8.93. The van der Waals surface area contributed by atoms with Crippen molar-refractivity contribution in [2.75, 3.05) is 54.1 Å². The number of carbonyl (C=O) groups excluding carboxylic acids is 3. The summed E-state index contributed by atoms with van der Waals surface area (Å²) in [5, 5.41) is 10.3. The third-order valence-electron chi connectivity index (χ3n) is 10.4. The normalized spacial score (nSPS) is 28.9. The van der Waals surface area contributed by atoms with Gasteiger partial charge in [0.25, 0.3) is 5.91 Å². The van der Waals surface area contributed by atoms with Crippen molar-refractivity contribution in [1.29, 1.82) is 0 Å². The SMILES string of the molecule is CCOc1ccc(N2CC=C[C@@]3(CC)O[C@]45C=CCN(c6ccc(N(CC)CC)cc6)C(=O)C4N([C@H](C)CO)C(=O)[C@@H]5[C@H]3C2=O)cc1. The number of hydrogen-bond donors (Lipinski definition) is 1. The van der Waals surface area contributed by atoms with Crippen LogP contribution in [0.5, 0.6) is 5.75 Å². The van der Waals surface area contributed by atoms with Crippen molar-refractivity contribution in [3.63, 3.8) is 0 Å². The molecule has 1 spiro atoms. The Labute approximate surface area is 277 Å². The molecule has 250 valence electrons. The van der Waals surface area contributed by atoms with Crippen LogP contribution in [0.2, 0.25) is 0 Å². The fourth-order valence-electron chi connectivity index (χ4n) is 8.05. The monoisotopic (exact) mass is 642 g/mol. The van der Waals surface area contributed by atoms with Gasteiger partial charge < -0.3 is 34.2 Å². The van der Waals surface area contributed by atoms with Crippen LogP contribution in [0.4, 0.5) is 17.1 Å². The molecule has 0 aliphatic carbocycles. The van der Waals surface area contributed by atoms with Crippen molar-refractivity contribution < 1.29 is 29.0 Å². The largest absolute Gasteiger partial charge is 0.494 e. The van der Waals surface area contributed by atoms with Crippen LogP contribution in [0, 0.1) is 11.8 Å². The van der Waals surface area contributed by atoms with Crippen molar-refractivity contribution in [2.24, 2.45) is 11.8 Å². The summed E-state index contributed by atoms with van der Waals surface area (Å²) in [4.78, 5) is 51.3. The number of ether oxygens (including phenoxy) is 2. The number of benzene rings is 2. The zero-order chi connectivity index (χ0) is 33.5. The van der Waals surface area contributed by atoms with Crippen LogP contribution in [-0.2, 0) is 19.1 Å². The quantitative estimate of drug-likeness (QED) is 0.388. The number of aliphatic hydroxyl groups excluding tert-OH is 1. The Bertz CT molecular complexity index is 1550. The van der Waals surface area contributed by atoms with Crippen LogP contribution in [0.25, 0.3) is 0 Å². The van der Waals surface area contributed by atoms with Crippen LogP contribution < -0.4 is 19.4 Å². The third kappa shape index (κ3) is 5.13. The number of carbonyl (C=O) groups is 3. The highest BCUT2D eigenvalue weighted by atomic mass is 16.5. The van der Waals surface area contributed by atoms with E-state index in [0.717, 1.165) is 18.8 Å². The lowest BCUT2D eigenvalue weighted by atomic mass is 9.73. The zero-order valence-corrected chi connectivity index (χ0v) is 28.0.